The quantitative estimate of drug-likeness (QED) is 0.107. The zero-order valence-electron chi connectivity index (χ0n) is 33.2. The molecule has 300 valence electrons. The van der Waals surface area contributed by atoms with Gasteiger partial charge in [0.2, 0.25) is 11.8 Å². The summed E-state index contributed by atoms with van der Waals surface area (Å²) in [5, 5.41) is 4.63. The number of amides is 4. The molecule has 2 saturated heterocycles. The number of pyridine rings is 1. The molecule has 4 amide bonds. The average molecular weight is 783 g/mol. The highest BCUT2D eigenvalue weighted by atomic mass is 16.5. The predicted octanol–water partition coefficient (Wildman–Crippen LogP) is 6.35. The molecule has 12 nitrogen and oxygen atoms in total. The second kappa shape index (κ2) is 16.0. The molecule has 0 spiro atoms. The van der Waals surface area contributed by atoms with E-state index in [1.54, 1.807) is 18.2 Å². The molecule has 1 unspecified atom stereocenters. The summed E-state index contributed by atoms with van der Waals surface area (Å²) in [5.74, 6) is -0.580. The molecule has 4 aliphatic rings. The minimum atomic E-state index is -0.975. The molecule has 2 aromatic heterocycles. The number of likely N-dealkylation sites (tertiary alicyclic amines) is 1. The van der Waals surface area contributed by atoms with E-state index < -0.39 is 29.7 Å². The first-order chi connectivity index (χ1) is 28.2. The predicted molar refractivity (Wildman–Crippen MR) is 221 cm³/mol. The lowest BCUT2D eigenvalue weighted by molar-refractivity contribution is -0.136. The zero-order chi connectivity index (χ0) is 39.9. The maximum atomic E-state index is 13.1. The largest absolute Gasteiger partial charge is 0.494 e. The Morgan fingerprint density at radius 2 is 1.53 bits per heavy atom. The summed E-state index contributed by atoms with van der Waals surface area (Å²) in [7, 11) is 4.41. The highest BCUT2D eigenvalue weighted by molar-refractivity contribution is 6.23. The van der Waals surface area contributed by atoms with Crippen LogP contribution in [0.15, 0.2) is 79.1 Å². The van der Waals surface area contributed by atoms with E-state index in [2.05, 4.69) is 87.3 Å². The molecule has 0 bridgehead atoms. The number of hydrogen-bond donors (Lipinski definition) is 1. The van der Waals surface area contributed by atoms with Gasteiger partial charge in [-0.05, 0) is 119 Å². The summed E-state index contributed by atoms with van der Waals surface area (Å²) in [6.45, 7) is 3.83. The summed E-state index contributed by atoms with van der Waals surface area (Å²) >= 11 is 0. The molecule has 1 N–H and O–H groups in total. The number of aryl methyl sites for hydroxylation is 1. The second-order valence-corrected chi connectivity index (χ2v) is 16.4. The molecule has 3 aromatic carbocycles. The Balaban J connectivity index is 0.661. The Kier molecular flexibility index (Phi) is 10.5. The van der Waals surface area contributed by atoms with E-state index in [1.165, 1.54) is 45.8 Å². The molecule has 12 heteroatoms. The fraction of sp³-hybridized carbons (Fsp3) is 0.413. The Morgan fingerprint density at radius 1 is 0.776 bits per heavy atom. The van der Waals surface area contributed by atoms with Crippen LogP contribution in [0.4, 0.5) is 0 Å². The number of piperidine rings is 2. The number of imide groups is 2. The molecule has 1 atom stereocenters. The van der Waals surface area contributed by atoms with Crippen LogP contribution < -0.4 is 14.8 Å². The van der Waals surface area contributed by atoms with Gasteiger partial charge < -0.3 is 23.8 Å². The number of ether oxygens (including phenoxy) is 2. The molecule has 1 saturated carbocycles. The number of carbonyl (C=O) groups excluding carboxylic acids is 4. The smallest absolute Gasteiger partial charge is 0.262 e. The Morgan fingerprint density at radius 3 is 2.33 bits per heavy atom. The van der Waals surface area contributed by atoms with Gasteiger partial charge in [-0.2, -0.15) is 0 Å². The number of benzene rings is 3. The van der Waals surface area contributed by atoms with Crippen LogP contribution in [0.2, 0.25) is 0 Å². The number of hydrogen-bond acceptors (Lipinski definition) is 9. The van der Waals surface area contributed by atoms with Crippen LogP contribution >= 0.6 is 0 Å². The molecule has 9 rings (SSSR count). The van der Waals surface area contributed by atoms with Crippen LogP contribution in [0, 0.1) is 0 Å². The van der Waals surface area contributed by atoms with E-state index in [4.69, 9.17) is 9.47 Å². The molecule has 5 heterocycles. The normalized spacial score (nSPS) is 21.5. The van der Waals surface area contributed by atoms with Crippen LogP contribution in [0.5, 0.6) is 11.5 Å². The fourth-order valence-corrected chi connectivity index (χ4v) is 9.31. The van der Waals surface area contributed by atoms with Crippen molar-refractivity contribution in [1.82, 2.24) is 29.6 Å². The number of unbranched alkanes of at least 4 members (excludes halogenated alkanes) is 2. The van der Waals surface area contributed by atoms with Crippen molar-refractivity contribution in [2.75, 3.05) is 33.3 Å². The van der Waals surface area contributed by atoms with Crippen molar-refractivity contribution in [1.29, 1.82) is 0 Å². The van der Waals surface area contributed by atoms with Crippen molar-refractivity contribution in [3.05, 3.63) is 90.3 Å². The van der Waals surface area contributed by atoms with Gasteiger partial charge in [0.25, 0.3) is 11.8 Å². The van der Waals surface area contributed by atoms with E-state index in [0.29, 0.717) is 24.4 Å². The lowest BCUT2D eigenvalue weighted by Gasteiger charge is -2.46. The Hall–Kier alpha value is -5.59. The number of nitrogens with zero attached hydrogens (tertiary/aromatic N) is 5. The van der Waals surface area contributed by atoms with Gasteiger partial charge in [-0.15, -0.1) is 0 Å². The van der Waals surface area contributed by atoms with Crippen LogP contribution in [0.25, 0.3) is 32.9 Å². The van der Waals surface area contributed by atoms with E-state index in [0.717, 1.165) is 62.4 Å². The third-order valence-electron chi connectivity index (χ3n) is 12.9. The third-order valence-corrected chi connectivity index (χ3v) is 12.9. The number of fused-ring (bicyclic) bond motifs is 4. The van der Waals surface area contributed by atoms with Gasteiger partial charge in [-0.25, -0.2) is 0 Å². The molecule has 3 aliphatic heterocycles. The molecule has 5 aromatic rings. The van der Waals surface area contributed by atoms with E-state index in [-0.39, 0.29) is 30.1 Å². The van der Waals surface area contributed by atoms with Gasteiger partial charge in [0.1, 0.15) is 23.6 Å². The first-order valence-corrected chi connectivity index (χ1v) is 20.7. The van der Waals surface area contributed by atoms with Crippen molar-refractivity contribution < 1.29 is 28.7 Å². The van der Waals surface area contributed by atoms with E-state index in [1.807, 2.05) is 12.4 Å². The van der Waals surface area contributed by atoms with E-state index in [9.17, 15) is 19.2 Å². The van der Waals surface area contributed by atoms with Crippen LogP contribution in [-0.2, 0) is 16.6 Å². The topological polar surface area (TPSA) is 126 Å². The summed E-state index contributed by atoms with van der Waals surface area (Å²) < 4.78 is 14.6. The summed E-state index contributed by atoms with van der Waals surface area (Å²) in [6, 6.07) is 22.3. The van der Waals surface area contributed by atoms with Crippen LogP contribution in [0.1, 0.15) is 78.5 Å². The maximum absolute atomic E-state index is 13.1. The van der Waals surface area contributed by atoms with Gasteiger partial charge in [0.15, 0.2) is 0 Å². The standard InChI is InChI=1S/C46H50N6O6/c1-49(32-25-35(26-32)58-33-9-6-29(7-10-33)30-8-12-36-39-28-47-19-16-40(39)50(2)42(36)24-30)31-17-21-51(22-18-31)20-4-3-5-23-57-34-11-13-37-38(27-34)46(56)52(45(37)55)41-14-15-43(53)48-44(41)54/h6-13,16,19,24,27-28,31-32,35,41H,3-5,14-15,17-18,20-23,25-26H2,1-2H3,(H,48,53,54). The van der Waals surface area contributed by atoms with Gasteiger partial charge in [0.05, 0.1) is 23.3 Å². The lowest BCUT2D eigenvalue weighted by atomic mass is 9.86. The minimum absolute atomic E-state index is 0.0920. The first kappa shape index (κ1) is 38.0. The van der Waals surface area contributed by atoms with Gasteiger partial charge in [-0.1, -0.05) is 24.3 Å². The van der Waals surface area contributed by atoms with Gasteiger partial charge >= 0.3 is 0 Å². The third kappa shape index (κ3) is 7.35. The Bertz CT molecular complexity index is 2380. The SMILES string of the molecule is CN(C1CCN(CCCCCOc2ccc3c(c2)C(=O)N(C2CCC(=O)NC2=O)C3=O)CC1)C1CC(Oc2ccc(-c3ccc4c5cnccc5n(C)c4c3)cc2)C1. The number of rotatable bonds is 13. The lowest BCUT2D eigenvalue weighted by Crippen LogP contribution is -2.54. The fourth-order valence-electron chi connectivity index (χ4n) is 9.31. The Labute approximate surface area is 338 Å². The summed E-state index contributed by atoms with van der Waals surface area (Å²) in [4.78, 5) is 60.4. The number of nitrogens with one attached hydrogen (secondary N) is 1. The molecular formula is C46H50N6O6. The highest BCUT2D eigenvalue weighted by Gasteiger charge is 2.45. The second-order valence-electron chi connectivity index (χ2n) is 16.4. The zero-order valence-corrected chi connectivity index (χ0v) is 33.2. The molecule has 3 fully saturated rings. The first-order valence-electron chi connectivity index (χ1n) is 20.7. The monoisotopic (exact) mass is 782 g/mol. The number of aromatic nitrogens is 2. The average Bonchev–Trinajstić information content (AvgIpc) is 3.65. The number of carbonyl (C=O) groups is 4. The van der Waals surface area contributed by atoms with Crippen molar-refractivity contribution >= 4 is 45.4 Å². The van der Waals surface area contributed by atoms with Gasteiger partial charge in [-0.3, -0.25) is 34.4 Å². The van der Waals surface area contributed by atoms with Crippen LogP contribution in [-0.4, -0.2) is 105 Å². The summed E-state index contributed by atoms with van der Waals surface area (Å²) in [6.07, 6.45) is 11.8. The van der Waals surface area contributed by atoms with Crippen molar-refractivity contribution in [3.8, 4) is 22.6 Å². The maximum Gasteiger partial charge on any atom is 0.262 e. The van der Waals surface area contributed by atoms with Crippen molar-refractivity contribution in [2.24, 2.45) is 7.05 Å². The van der Waals surface area contributed by atoms with Crippen LogP contribution in [0.3, 0.4) is 0 Å². The van der Waals surface area contributed by atoms with Gasteiger partial charge in [0, 0.05) is 67.1 Å². The van der Waals surface area contributed by atoms with E-state index >= 15 is 0 Å². The van der Waals surface area contributed by atoms with Crippen molar-refractivity contribution in [2.45, 2.75) is 82.0 Å². The minimum Gasteiger partial charge on any atom is -0.494 e. The summed E-state index contributed by atoms with van der Waals surface area (Å²) in [5.41, 5.74) is 5.26. The molecule has 58 heavy (non-hydrogen) atoms. The highest BCUT2D eigenvalue weighted by Crippen LogP contribution is 2.35. The van der Waals surface area contributed by atoms with Crippen molar-refractivity contribution in [3.63, 3.8) is 0 Å². The molecule has 0 radical (unpaired) electrons. The molecular weight excluding hydrogens is 733 g/mol. The molecule has 1 aliphatic carbocycles.